The molecular weight excluding hydrogens is 254 g/mol. The van der Waals surface area contributed by atoms with Gasteiger partial charge in [-0.3, -0.25) is 9.59 Å². The molecule has 2 aliphatic rings. The molecule has 2 unspecified atom stereocenters. The highest BCUT2D eigenvalue weighted by Crippen LogP contribution is 2.38. The number of carboxylic acids is 1. The van der Waals surface area contributed by atoms with Crippen molar-refractivity contribution in [2.24, 2.45) is 17.8 Å². The number of carboxylic acid groups (broad SMARTS) is 1. The van der Waals surface area contributed by atoms with Gasteiger partial charge in [-0.15, -0.1) is 0 Å². The highest BCUT2D eigenvalue weighted by molar-refractivity contribution is 5.81. The van der Waals surface area contributed by atoms with Crippen molar-refractivity contribution in [3.05, 3.63) is 0 Å². The molecule has 4 nitrogen and oxygen atoms in total. The molecule has 1 N–H and O–H groups in total. The van der Waals surface area contributed by atoms with E-state index in [9.17, 15) is 9.59 Å². The summed E-state index contributed by atoms with van der Waals surface area (Å²) >= 11 is 0. The van der Waals surface area contributed by atoms with Gasteiger partial charge in [0.1, 0.15) is 0 Å². The van der Waals surface area contributed by atoms with Crippen molar-refractivity contribution in [3.63, 3.8) is 0 Å². The Labute approximate surface area is 121 Å². The summed E-state index contributed by atoms with van der Waals surface area (Å²) in [6, 6.07) is 0.680. The monoisotopic (exact) mass is 281 g/mol. The number of nitrogens with zero attached hydrogens (tertiary/aromatic N) is 1. The zero-order valence-corrected chi connectivity index (χ0v) is 12.8. The standard InChI is InChI=1S/C16H27NO3/c1-4-10(2)11(3)17(14-7-8-14)15(18)12-5-6-13(9-12)16(19)20/h10-14H,4-9H2,1-3H3,(H,19,20)/t10?,11?,12-,13+/m1/s1. The van der Waals surface area contributed by atoms with Gasteiger partial charge in [-0.25, -0.2) is 0 Å². The lowest BCUT2D eigenvalue weighted by Crippen LogP contribution is -2.46. The maximum absolute atomic E-state index is 12.8. The molecule has 4 atom stereocenters. The van der Waals surface area contributed by atoms with E-state index in [-0.39, 0.29) is 23.8 Å². The Morgan fingerprint density at radius 2 is 1.75 bits per heavy atom. The Morgan fingerprint density at radius 1 is 1.15 bits per heavy atom. The fraction of sp³-hybridized carbons (Fsp3) is 0.875. The molecule has 2 saturated carbocycles. The van der Waals surface area contributed by atoms with Crippen molar-refractivity contribution in [3.8, 4) is 0 Å². The molecule has 0 spiro atoms. The van der Waals surface area contributed by atoms with Gasteiger partial charge < -0.3 is 10.0 Å². The van der Waals surface area contributed by atoms with Crippen LogP contribution in [0.25, 0.3) is 0 Å². The number of hydrogen-bond acceptors (Lipinski definition) is 2. The van der Waals surface area contributed by atoms with E-state index in [4.69, 9.17) is 5.11 Å². The Kier molecular flexibility index (Phi) is 4.71. The van der Waals surface area contributed by atoms with Crippen LogP contribution in [0.4, 0.5) is 0 Å². The van der Waals surface area contributed by atoms with Crippen LogP contribution in [-0.2, 0) is 9.59 Å². The molecule has 2 rings (SSSR count). The summed E-state index contributed by atoms with van der Waals surface area (Å²) < 4.78 is 0. The van der Waals surface area contributed by atoms with Gasteiger partial charge in [0.15, 0.2) is 0 Å². The maximum atomic E-state index is 12.8. The lowest BCUT2D eigenvalue weighted by atomic mass is 9.96. The highest BCUT2D eigenvalue weighted by atomic mass is 16.4. The minimum atomic E-state index is -0.742. The Hall–Kier alpha value is -1.06. The Bertz CT molecular complexity index is 378. The van der Waals surface area contributed by atoms with E-state index in [0.717, 1.165) is 25.7 Å². The van der Waals surface area contributed by atoms with Crippen LogP contribution in [-0.4, -0.2) is 34.0 Å². The fourth-order valence-corrected chi connectivity index (χ4v) is 3.32. The van der Waals surface area contributed by atoms with E-state index in [2.05, 4.69) is 25.7 Å². The molecule has 0 aliphatic heterocycles. The SMILES string of the molecule is CCC(C)C(C)N(C(=O)[C@@H]1CC[C@H](C(=O)O)C1)C1CC1. The first kappa shape index (κ1) is 15.3. The molecule has 114 valence electrons. The molecule has 0 aromatic rings. The van der Waals surface area contributed by atoms with E-state index in [1.807, 2.05) is 0 Å². The zero-order valence-electron chi connectivity index (χ0n) is 12.8. The van der Waals surface area contributed by atoms with Gasteiger partial charge in [-0.05, 0) is 44.9 Å². The van der Waals surface area contributed by atoms with Gasteiger partial charge in [0.05, 0.1) is 5.92 Å². The minimum Gasteiger partial charge on any atom is -0.481 e. The maximum Gasteiger partial charge on any atom is 0.306 e. The topological polar surface area (TPSA) is 57.6 Å². The van der Waals surface area contributed by atoms with Gasteiger partial charge in [-0.2, -0.15) is 0 Å². The molecule has 0 saturated heterocycles. The molecule has 0 bridgehead atoms. The van der Waals surface area contributed by atoms with Crippen LogP contribution < -0.4 is 0 Å². The van der Waals surface area contributed by atoms with Crippen LogP contribution in [0, 0.1) is 17.8 Å². The van der Waals surface area contributed by atoms with Crippen LogP contribution >= 0.6 is 0 Å². The second-order valence-electron chi connectivity index (χ2n) is 6.65. The quantitative estimate of drug-likeness (QED) is 0.814. The second-order valence-corrected chi connectivity index (χ2v) is 6.65. The molecule has 0 heterocycles. The van der Waals surface area contributed by atoms with Crippen LogP contribution in [0.15, 0.2) is 0 Å². The number of aliphatic carboxylic acids is 1. The molecular formula is C16H27NO3. The van der Waals surface area contributed by atoms with Crippen LogP contribution in [0.2, 0.25) is 0 Å². The number of rotatable bonds is 6. The summed E-state index contributed by atoms with van der Waals surface area (Å²) in [4.78, 5) is 25.9. The van der Waals surface area contributed by atoms with Gasteiger partial charge in [0, 0.05) is 18.0 Å². The summed E-state index contributed by atoms with van der Waals surface area (Å²) in [5.41, 5.74) is 0. The smallest absolute Gasteiger partial charge is 0.306 e. The predicted octanol–water partition coefficient (Wildman–Crippen LogP) is 2.91. The van der Waals surface area contributed by atoms with Crippen molar-refractivity contribution in [1.29, 1.82) is 0 Å². The van der Waals surface area contributed by atoms with Crippen LogP contribution in [0.3, 0.4) is 0 Å². The van der Waals surface area contributed by atoms with Crippen molar-refractivity contribution in [1.82, 2.24) is 4.90 Å². The number of hydrogen-bond donors (Lipinski definition) is 1. The summed E-state index contributed by atoms with van der Waals surface area (Å²) in [5.74, 6) is -0.416. The minimum absolute atomic E-state index is 0.0665. The summed E-state index contributed by atoms with van der Waals surface area (Å²) in [5, 5.41) is 9.08. The number of carbonyl (C=O) groups excluding carboxylic acids is 1. The van der Waals surface area contributed by atoms with E-state index in [0.29, 0.717) is 24.8 Å². The van der Waals surface area contributed by atoms with Crippen molar-refractivity contribution in [2.75, 3.05) is 0 Å². The number of amides is 1. The molecule has 0 radical (unpaired) electrons. The fourth-order valence-electron chi connectivity index (χ4n) is 3.32. The van der Waals surface area contributed by atoms with Crippen molar-refractivity contribution in [2.45, 2.75) is 71.4 Å². The normalized spacial score (nSPS) is 28.9. The van der Waals surface area contributed by atoms with Gasteiger partial charge in [-0.1, -0.05) is 20.3 Å². The second kappa shape index (κ2) is 6.15. The molecule has 2 fully saturated rings. The summed E-state index contributed by atoms with van der Waals surface area (Å²) in [7, 11) is 0. The molecule has 1 amide bonds. The number of carbonyl (C=O) groups is 2. The third-order valence-electron chi connectivity index (χ3n) is 5.23. The van der Waals surface area contributed by atoms with Crippen molar-refractivity contribution < 1.29 is 14.7 Å². The first-order chi connectivity index (χ1) is 9.45. The largest absolute Gasteiger partial charge is 0.481 e. The Morgan fingerprint density at radius 3 is 2.20 bits per heavy atom. The van der Waals surface area contributed by atoms with Crippen molar-refractivity contribution >= 4 is 11.9 Å². The van der Waals surface area contributed by atoms with Crippen LogP contribution in [0.5, 0.6) is 0 Å². The molecule has 0 aromatic carbocycles. The Balaban J connectivity index is 2.03. The lowest BCUT2D eigenvalue weighted by molar-refractivity contribution is -0.142. The molecule has 2 aliphatic carbocycles. The highest BCUT2D eigenvalue weighted by Gasteiger charge is 2.42. The first-order valence-corrected chi connectivity index (χ1v) is 8.00. The van der Waals surface area contributed by atoms with E-state index < -0.39 is 5.97 Å². The lowest BCUT2D eigenvalue weighted by Gasteiger charge is -2.35. The van der Waals surface area contributed by atoms with Gasteiger partial charge in [0.2, 0.25) is 5.91 Å². The van der Waals surface area contributed by atoms with Gasteiger partial charge in [0.25, 0.3) is 0 Å². The molecule has 4 heteroatoms. The third kappa shape index (κ3) is 3.15. The average Bonchev–Trinajstić information content (AvgIpc) is 3.11. The zero-order chi connectivity index (χ0) is 14.9. The first-order valence-electron chi connectivity index (χ1n) is 8.00. The van der Waals surface area contributed by atoms with E-state index in [1.165, 1.54) is 0 Å². The predicted molar refractivity (Wildman–Crippen MR) is 77.3 cm³/mol. The third-order valence-corrected chi connectivity index (χ3v) is 5.23. The molecule has 20 heavy (non-hydrogen) atoms. The average molecular weight is 281 g/mol. The molecule has 0 aromatic heterocycles. The van der Waals surface area contributed by atoms with E-state index in [1.54, 1.807) is 0 Å². The van der Waals surface area contributed by atoms with Crippen LogP contribution in [0.1, 0.15) is 59.3 Å². The summed E-state index contributed by atoms with van der Waals surface area (Å²) in [6.45, 7) is 6.50. The van der Waals surface area contributed by atoms with Gasteiger partial charge >= 0.3 is 5.97 Å². The van der Waals surface area contributed by atoms with E-state index >= 15 is 0 Å². The summed E-state index contributed by atoms with van der Waals surface area (Å²) in [6.07, 6.45) is 5.22.